The number of fused-ring (bicyclic) bond motifs is 1. The summed E-state index contributed by atoms with van der Waals surface area (Å²) in [4.78, 5) is 23.9. The van der Waals surface area contributed by atoms with Gasteiger partial charge in [-0.15, -0.1) is 0 Å². The zero-order valence-electron chi connectivity index (χ0n) is 14.9. The molecule has 0 bridgehead atoms. The fourth-order valence-electron chi connectivity index (χ4n) is 3.43. The number of hydrogen-bond donors (Lipinski definition) is 1. The number of aromatic nitrogens is 2. The molecule has 1 fully saturated rings. The first kappa shape index (κ1) is 17.4. The predicted octanol–water partition coefficient (Wildman–Crippen LogP) is 3.30. The lowest BCUT2D eigenvalue weighted by Crippen LogP contribution is -2.43. The zero-order valence-corrected chi connectivity index (χ0v) is 14.9. The third-order valence-corrected chi connectivity index (χ3v) is 4.93. The Kier molecular flexibility index (Phi) is 4.96. The molecule has 0 radical (unpaired) electrons. The summed E-state index contributed by atoms with van der Waals surface area (Å²) in [5.41, 5.74) is 2.61. The molecule has 6 heteroatoms. The molecule has 1 atom stereocenters. The number of rotatable bonds is 4. The Labute approximate surface area is 157 Å². The Hall–Kier alpha value is -3.02. The molecular weight excluding hydrogens is 343 g/mol. The molecule has 3 aromatic rings. The number of piperidine rings is 1. The molecule has 2 aromatic carbocycles. The number of carbonyl (C=O) groups excluding carboxylic acids is 1. The number of amides is 1. The Morgan fingerprint density at radius 3 is 2.74 bits per heavy atom. The second kappa shape index (κ2) is 7.70. The van der Waals surface area contributed by atoms with Crippen LogP contribution in [0.3, 0.4) is 0 Å². The summed E-state index contributed by atoms with van der Waals surface area (Å²) >= 11 is 0. The van der Waals surface area contributed by atoms with E-state index >= 15 is 0 Å². The van der Waals surface area contributed by atoms with E-state index in [1.54, 1.807) is 18.3 Å². The van der Waals surface area contributed by atoms with E-state index in [1.165, 1.54) is 12.1 Å². The molecule has 138 valence electrons. The molecule has 1 aromatic heterocycles. The van der Waals surface area contributed by atoms with E-state index in [-0.39, 0.29) is 17.6 Å². The first-order valence-corrected chi connectivity index (χ1v) is 9.18. The third kappa shape index (κ3) is 4.05. The van der Waals surface area contributed by atoms with Crippen molar-refractivity contribution < 1.29 is 9.18 Å². The minimum absolute atomic E-state index is 0.0257. The van der Waals surface area contributed by atoms with Gasteiger partial charge in [0.2, 0.25) is 5.91 Å². The first-order valence-electron chi connectivity index (χ1n) is 9.18. The summed E-state index contributed by atoms with van der Waals surface area (Å²) in [6, 6.07) is 14.0. The van der Waals surface area contributed by atoms with Crippen LogP contribution >= 0.6 is 0 Å². The maximum atomic E-state index is 13.0. The monoisotopic (exact) mass is 364 g/mol. The molecule has 5 nitrogen and oxygen atoms in total. The van der Waals surface area contributed by atoms with Crippen molar-refractivity contribution in [2.75, 3.05) is 18.0 Å². The summed E-state index contributed by atoms with van der Waals surface area (Å²) in [7, 11) is 0. The smallest absolute Gasteiger partial charge is 0.225 e. The van der Waals surface area contributed by atoms with Crippen molar-refractivity contribution in [3.8, 4) is 0 Å². The van der Waals surface area contributed by atoms with E-state index < -0.39 is 0 Å². The number of hydrogen-bond acceptors (Lipinski definition) is 4. The molecule has 1 aliphatic rings. The van der Waals surface area contributed by atoms with Gasteiger partial charge in [0.25, 0.3) is 0 Å². The predicted molar refractivity (Wildman–Crippen MR) is 103 cm³/mol. The highest BCUT2D eigenvalue weighted by Gasteiger charge is 2.26. The Morgan fingerprint density at radius 1 is 1.15 bits per heavy atom. The van der Waals surface area contributed by atoms with Crippen LogP contribution in [0.2, 0.25) is 0 Å². The van der Waals surface area contributed by atoms with Crippen LogP contribution in [-0.4, -0.2) is 29.0 Å². The van der Waals surface area contributed by atoms with Crippen LogP contribution in [0.25, 0.3) is 11.0 Å². The SMILES string of the molecule is O=C(NCc1ccc(F)cc1)[C@H]1CCCN(c2cnc3ccccc3n2)C1. The van der Waals surface area contributed by atoms with Gasteiger partial charge in [-0.1, -0.05) is 24.3 Å². The van der Waals surface area contributed by atoms with E-state index in [9.17, 15) is 9.18 Å². The van der Waals surface area contributed by atoms with Crippen molar-refractivity contribution in [3.05, 3.63) is 66.1 Å². The molecule has 1 saturated heterocycles. The van der Waals surface area contributed by atoms with Gasteiger partial charge in [-0.2, -0.15) is 0 Å². The fourth-order valence-corrected chi connectivity index (χ4v) is 3.43. The molecule has 1 N–H and O–H groups in total. The average molecular weight is 364 g/mol. The van der Waals surface area contributed by atoms with Gasteiger partial charge in [-0.25, -0.2) is 9.37 Å². The maximum Gasteiger partial charge on any atom is 0.225 e. The highest BCUT2D eigenvalue weighted by Crippen LogP contribution is 2.23. The van der Waals surface area contributed by atoms with E-state index in [1.807, 2.05) is 24.3 Å². The lowest BCUT2D eigenvalue weighted by molar-refractivity contribution is -0.125. The molecule has 1 aliphatic heterocycles. The third-order valence-electron chi connectivity index (χ3n) is 4.93. The summed E-state index contributed by atoms with van der Waals surface area (Å²) in [6.45, 7) is 1.91. The van der Waals surface area contributed by atoms with Crippen LogP contribution in [0.1, 0.15) is 18.4 Å². The summed E-state index contributed by atoms with van der Waals surface area (Å²) in [5.74, 6) is 0.472. The van der Waals surface area contributed by atoms with Gasteiger partial charge in [0, 0.05) is 19.6 Å². The fraction of sp³-hybridized carbons (Fsp3) is 0.286. The van der Waals surface area contributed by atoms with Gasteiger partial charge >= 0.3 is 0 Å². The van der Waals surface area contributed by atoms with Crippen molar-refractivity contribution in [1.82, 2.24) is 15.3 Å². The Balaban J connectivity index is 1.40. The highest BCUT2D eigenvalue weighted by atomic mass is 19.1. The van der Waals surface area contributed by atoms with Crippen LogP contribution < -0.4 is 10.2 Å². The van der Waals surface area contributed by atoms with E-state index in [4.69, 9.17) is 4.98 Å². The number of benzene rings is 2. The van der Waals surface area contributed by atoms with Gasteiger partial charge in [0.1, 0.15) is 11.6 Å². The van der Waals surface area contributed by atoms with Crippen molar-refractivity contribution >= 4 is 22.8 Å². The quantitative estimate of drug-likeness (QED) is 0.772. The van der Waals surface area contributed by atoms with Gasteiger partial charge in [-0.05, 0) is 42.7 Å². The summed E-state index contributed by atoms with van der Waals surface area (Å²) in [5, 5.41) is 2.97. The van der Waals surface area contributed by atoms with Crippen LogP contribution in [-0.2, 0) is 11.3 Å². The van der Waals surface area contributed by atoms with E-state index in [0.29, 0.717) is 13.1 Å². The van der Waals surface area contributed by atoms with Gasteiger partial charge in [-0.3, -0.25) is 9.78 Å². The van der Waals surface area contributed by atoms with Crippen molar-refractivity contribution in [3.63, 3.8) is 0 Å². The number of para-hydroxylation sites is 2. The lowest BCUT2D eigenvalue weighted by Gasteiger charge is -2.32. The van der Waals surface area contributed by atoms with Crippen LogP contribution in [0, 0.1) is 11.7 Å². The van der Waals surface area contributed by atoms with E-state index in [0.717, 1.165) is 41.8 Å². The molecule has 27 heavy (non-hydrogen) atoms. The Bertz CT molecular complexity index is 944. The topological polar surface area (TPSA) is 58.1 Å². The summed E-state index contributed by atoms with van der Waals surface area (Å²) in [6.07, 6.45) is 3.57. The molecule has 0 spiro atoms. The van der Waals surface area contributed by atoms with Crippen molar-refractivity contribution in [2.24, 2.45) is 5.92 Å². The van der Waals surface area contributed by atoms with Crippen molar-refractivity contribution in [2.45, 2.75) is 19.4 Å². The largest absolute Gasteiger partial charge is 0.355 e. The normalized spacial score (nSPS) is 17.1. The number of anilines is 1. The molecular formula is C21H21FN4O. The van der Waals surface area contributed by atoms with Crippen LogP contribution in [0.15, 0.2) is 54.7 Å². The lowest BCUT2D eigenvalue weighted by atomic mass is 9.97. The number of halogens is 1. The van der Waals surface area contributed by atoms with Crippen molar-refractivity contribution in [1.29, 1.82) is 0 Å². The second-order valence-electron chi connectivity index (χ2n) is 6.85. The Morgan fingerprint density at radius 2 is 1.93 bits per heavy atom. The molecule has 2 heterocycles. The van der Waals surface area contributed by atoms with Crippen LogP contribution in [0.4, 0.5) is 10.2 Å². The minimum atomic E-state index is -0.274. The summed E-state index contributed by atoms with van der Waals surface area (Å²) < 4.78 is 13.0. The van der Waals surface area contributed by atoms with E-state index in [2.05, 4.69) is 15.2 Å². The molecule has 0 aliphatic carbocycles. The van der Waals surface area contributed by atoms with Crippen LogP contribution in [0.5, 0.6) is 0 Å². The zero-order chi connectivity index (χ0) is 18.6. The maximum absolute atomic E-state index is 13.0. The van der Waals surface area contributed by atoms with Gasteiger partial charge in [0.05, 0.1) is 23.1 Å². The molecule has 0 saturated carbocycles. The second-order valence-corrected chi connectivity index (χ2v) is 6.85. The molecule has 4 rings (SSSR count). The number of nitrogens with one attached hydrogen (secondary N) is 1. The van der Waals surface area contributed by atoms with Gasteiger partial charge < -0.3 is 10.2 Å². The minimum Gasteiger partial charge on any atom is -0.355 e. The molecule has 0 unspecified atom stereocenters. The highest BCUT2D eigenvalue weighted by molar-refractivity contribution is 5.80. The standard InChI is InChI=1S/C21H21FN4O/c22-17-9-7-15(8-10-17)12-24-21(27)16-4-3-11-26(14-16)20-13-23-18-5-1-2-6-19(18)25-20/h1-2,5-10,13,16H,3-4,11-12,14H2,(H,24,27)/t16-/m0/s1. The van der Waals surface area contributed by atoms with Gasteiger partial charge in [0.15, 0.2) is 0 Å². The molecule has 1 amide bonds. The first-order chi connectivity index (χ1) is 13.2. The number of nitrogens with zero attached hydrogens (tertiary/aromatic N) is 3. The number of carbonyl (C=O) groups is 1. The average Bonchev–Trinajstić information content (AvgIpc) is 2.73.